The summed E-state index contributed by atoms with van der Waals surface area (Å²) in [5, 5.41) is 12.5. The number of rotatable bonds is 3. The van der Waals surface area contributed by atoms with Gasteiger partial charge in [-0.1, -0.05) is 6.42 Å². The molecule has 2 N–H and O–H groups in total. The minimum atomic E-state index is -0.738. The molecule has 0 spiro atoms. The molecule has 5 nitrogen and oxygen atoms in total. The molecule has 1 aliphatic carbocycles. The molecule has 5 heteroatoms. The van der Waals surface area contributed by atoms with E-state index in [9.17, 15) is 9.90 Å². The van der Waals surface area contributed by atoms with Crippen LogP contribution >= 0.6 is 0 Å². The van der Waals surface area contributed by atoms with Gasteiger partial charge in [-0.3, -0.25) is 4.79 Å². The number of aliphatic carboxylic acids is 1. The summed E-state index contributed by atoms with van der Waals surface area (Å²) < 4.78 is 0. The second kappa shape index (κ2) is 4.31. The van der Waals surface area contributed by atoms with Gasteiger partial charge in [0.05, 0.1) is 5.41 Å². The first-order valence-corrected chi connectivity index (χ1v) is 5.81. The maximum atomic E-state index is 11.3. The second-order valence-electron chi connectivity index (χ2n) is 4.86. The summed E-state index contributed by atoms with van der Waals surface area (Å²) in [6.45, 7) is 3.69. The molecule has 1 fully saturated rings. The minimum absolute atomic E-state index is 0.0608. The lowest BCUT2D eigenvalue weighted by atomic mass is 9.85. The number of anilines is 1. The first-order valence-electron chi connectivity index (χ1n) is 5.81. The third kappa shape index (κ3) is 2.23. The Kier molecular flexibility index (Phi) is 3.00. The van der Waals surface area contributed by atoms with Gasteiger partial charge in [-0.15, -0.1) is 0 Å². The molecule has 0 saturated heterocycles. The quantitative estimate of drug-likeness (QED) is 0.836. The van der Waals surface area contributed by atoms with Crippen LogP contribution in [0.2, 0.25) is 0 Å². The van der Waals surface area contributed by atoms with Gasteiger partial charge in [0.15, 0.2) is 0 Å². The van der Waals surface area contributed by atoms with Crippen molar-refractivity contribution in [1.82, 2.24) is 9.97 Å². The molecule has 0 aliphatic heterocycles. The Hall–Kier alpha value is -1.65. The van der Waals surface area contributed by atoms with E-state index in [2.05, 4.69) is 15.3 Å². The van der Waals surface area contributed by atoms with Crippen LogP contribution in [0.15, 0.2) is 12.4 Å². The fourth-order valence-electron chi connectivity index (χ4n) is 2.37. The van der Waals surface area contributed by atoms with Crippen LogP contribution in [0.25, 0.3) is 0 Å². The average Bonchev–Trinajstić information content (AvgIpc) is 2.62. The SMILES string of the molecule is Cc1cc(NC2CCCC2(C)C(=O)O)ncn1. The Morgan fingerprint density at radius 3 is 3.00 bits per heavy atom. The van der Waals surface area contributed by atoms with Crippen LogP contribution in [0.3, 0.4) is 0 Å². The van der Waals surface area contributed by atoms with Gasteiger partial charge in [-0.2, -0.15) is 0 Å². The largest absolute Gasteiger partial charge is 0.481 e. The zero-order valence-corrected chi connectivity index (χ0v) is 10.1. The molecule has 1 aromatic rings. The highest BCUT2D eigenvalue weighted by molar-refractivity contribution is 5.76. The Morgan fingerprint density at radius 1 is 1.59 bits per heavy atom. The van der Waals surface area contributed by atoms with Crippen molar-refractivity contribution in [3.8, 4) is 0 Å². The molecule has 1 aromatic heterocycles. The number of nitrogens with zero attached hydrogens (tertiary/aromatic N) is 2. The Labute approximate surface area is 100 Å². The van der Waals surface area contributed by atoms with Gasteiger partial charge < -0.3 is 10.4 Å². The smallest absolute Gasteiger partial charge is 0.311 e. The van der Waals surface area contributed by atoms with Crippen LogP contribution in [-0.2, 0) is 4.79 Å². The number of hydrogen-bond acceptors (Lipinski definition) is 4. The topological polar surface area (TPSA) is 75.1 Å². The van der Waals surface area contributed by atoms with Crippen molar-refractivity contribution in [3.05, 3.63) is 18.1 Å². The molecule has 0 aromatic carbocycles. The van der Waals surface area contributed by atoms with Crippen molar-refractivity contribution < 1.29 is 9.90 Å². The van der Waals surface area contributed by atoms with Gasteiger partial charge in [0.2, 0.25) is 0 Å². The molecular formula is C12H17N3O2. The van der Waals surface area contributed by atoms with Crippen molar-refractivity contribution in [1.29, 1.82) is 0 Å². The van der Waals surface area contributed by atoms with Crippen molar-refractivity contribution >= 4 is 11.8 Å². The van der Waals surface area contributed by atoms with E-state index in [0.29, 0.717) is 12.2 Å². The molecule has 1 saturated carbocycles. The molecule has 17 heavy (non-hydrogen) atoms. The highest BCUT2D eigenvalue weighted by Gasteiger charge is 2.45. The lowest BCUT2D eigenvalue weighted by molar-refractivity contribution is -0.147. The minimum Gasteiger partial charge on any atom is -0.481 e. The molecule has 2 unspecified atom stereocenters. The molecule has 0 radical (unpaired) electrons. The standard InChI is InChI=1S/C12H17N3O2/c1-8-6-10(14-7-13-8)15-9-4-3-5-12(9,2)11(16)17/h6-7,9H,3-5H2,1-2H3,(H,16,17)(H,13,14,15). The van der Waals surface area contributed by atoms with Crippen LogP contribution in [0.5, 0.6) is 0 Å². The first-order chi connectivity index (χ1) is 8.02. The van der Waals surface area contributed by atoms with E-state index in [1.165, 1.54) is 6.33 Å². The number of carbonyl (C=O) groups is 1. The number of carboxylic acid groups (broad SMARTS) is 1. The third-order valence-electron chi connectivity index (χ3n) is 3.57. The number of hydrogen-bond donors (Lipinski definition) is 2. The summed E-state index contributed by atoms with van der Waals surface area (Å²) in [5.41, 5.74) is 0.177. The Balaban J connectivity index is 2.16. The van der Waals surface area contributed by atoms with E-state index in [-0.39, 0.29) is 6.04 Å². The van der Waals surface area contributed by atoms with Gasteiger partial charge >= 0.3 is 5.97 Å². The van der Waals surface area contributed by atoms with E-state index in [1.54, 1.807) is 6.92 Å². The number of carboxylic acids is 1. The fraction of sp³-hybridized carbons (Fsp3) is 0.583. The van der Waals surface area contributed by atoms with Gasteiger partial charge in [0, 0.05) is 17.8 Å². The van der Waals surface area contributed by atoms with Crippen LogP contribution in [-0.4, -0.2) is 27.1 Å². The molecule has 0 amide bonds. The zero-order valence-electron chi connectivity index (χ0n) is 10.1. The summed E-state index contributed by atoms with van der Waals surface area (Å²) in [6, 6.07) is 1.77. The van der Waals surface area contributed by atoms with Crippen LogP contribution in [0.4, 0.5) is 5.82 Å². The van der Waals surface area contributed by atoms with Crippen molar-refractivity contribution in [2.45, 2.75) is 39.2 Å². The van der Waals surface area contributed by atoms with Crippen LogP contribution < -0.4 is 5.32 Å². The summed E-state index contributed by atoms with van der Waals surface area (Å²) in [4.78, 5) is 19.4. The van der Waals surface area contributed by atoms with Crippen molar-refractivity contribution in [3.63, 3.8) is 0 Å². The normalized spacial score (nSPS) is 28.0. The highest BCUT2D eigenvalue weighted by atomic mass is 16.4. The summed E-state index contributed by atoms with van der Waals surface area (Å²) in [5.74, 6) is -0.0323. The highest BCUT2D eigenvalue weighted by Crippen LogP contribution is 2.39. The number of aromatic nitrogens is 2. The predicted octanol–water partition coefficient (Wildman–Crippen LogP) is 1.84. The Morgan fingerprint density at radius 2 is 2.35 bits per heavy atom. The monoisotopic (exact) mass is 235 g/mol. The summed E-state index contributed by atoms with van der Waals surface area (Å²) in [6.07, 6.45) is 4.01. The Bertz CT molecular complexity index is 436. The molecule has 2 atom stereocenters. The molecule has 92 valence electrons. The van der Waals surface area contributed by atoms with E-state index in [0.717, 1.165) is 18.5 Å². The van der Waals surface area contributed by atoms with E-state index < -0.39 is 11.4 Å². The zero-order chi connectivity index (χ0) is 12.5. The van der Waals surface area contributed by atoms with Gasteiger partial charge in [-0.05, 0) is 26.7 Å². The molecule has 0 bridgehead atoms. The summed E-state index contributed by atoms with van der Waals surface area (Å²) in [7, 11) is 0. The molecular weight excluding hydrogens is 218 g/mol. The van der Waals surface area contributed by atoms with Crippen molar-refractivity contribution in [2.75, 3.05) is 5.32 Å². The van der Waals surface area contributed by atoms with E-state index >= 15 is 0 Å². The molecule has 1 heterocycles. The number of nitrogens with one attached hydrogen (secondary N) is 1. The van der Waals surface area contributed by atoms with Gasteiger partial charge in [0.1, 0.15) is 12.1 Å². The van der Waals surface area contributed by atoms with Gasteiger partial charge in [0.25, 0.3) is 0 Å². The lowest BCUT2D eigenvalue weighted by Crippen LogP contribution is -2.40. The maximum absolute atomic E-state index is 11.3. The molecule has 2 rings (SSSR count). The fourth-order valence-corrected chi connectivity index (χ4v) is 2.37. The van der Waals surface area contributed by atoms with E-state index in [4.69, 9.17) is 0 Å². The first kappa shape index (κ1) is 11.8. The van der Waals surface area contributed by atoms with Crippen LogP contribution in [0, 0.1) is 12.3 Å². The lowest BCUT2D eigenvalue weighted by Gasteiger charge is -2.28. The predicted molar refractivity (Wildman–Crippen MR) is 63.8 cm³/mol. The summed E-state index contributed by atoms with van der Waals surface area (Å²) >= 11 is 0. The van der Waals surface area contributed by atoms with Crippen LogP contribution in [0.1, 0.15) is 31.9 Å². The maximum Gasteiger partial charge on any atom is 0.311 e. The molecule has 1 aliphatic rings. The average molecular weight is 235 g/mol. The second-order valence-corrected chi connectivity index (χ2v) is 4.86. The number of aryl methyl sites for hydroxylation is 1. The van der Waals surface area contributed by atoms with Gasteiger partial charge in [-0.25, -0.2) is 9.97 Å². The van der Waals surface area contributed by atoms with E-state index in [1.807, 2.05) is 13.0 Å². The third-order valence-corrected chi connectivity index (χ3v) is 3.57. The van der Waals surface area contributed by atoms with Crippen molar-refractivity contribution in [2.24, 2.45) is 5.41 Å².